The van der Waals surface area contributed by atoms with Crippen molar-refractivity contribution >= 4 is 33.4 Å². The molecule has 2 aromatic carbocycles. The van der Waals surface area contributed by atoms with E-state index in [1.165, 1.54) is 17.0 Å². The lowest BCUT2D eigenvalue weighted by atomic mass is 9.87. The van der Waals surface area contributed by atoms with Crippen LogP contribution in [0.1, 0.15) is 49.7 Å². The number of primary sulfonamides is 1. The molecule has 2 fully saturated rings. The van der Waals surface area contributed by atoms with Gasteiger partial charge in [0, 0.05) is 12.5 Å². The van der Waals surface area contributed by atoms with E-state index in [4.69, 9.17) is 5.14 Å². The minimum atomic E-state index is -3.79. The van der Waals surface area contributed by atoms with Crippen molar-refractivity contribution in [1.29, 1.82) is 0 Å². The van der Waals surface area contributed by atoms with Gasteiger partial charge in [-0.25, -0.2) is 18.5 Å². The SMILES string of the molecule is Cc1ccc(N2C(=O)CC(N(CCc3ccc(S(N)(=O)=O)cc3)C(=O)C3CCCCC3)C2=O)cc1. The van der Waals surface area contributed by atoms with Crippen LogP contribution in [0, 0.1) is 12.8 Å². The first-order valence-corrected chi connectivity index (χ1v) is 13.6. The molecule has 1 atom stereocenters. The van der Waals surface area contributed by atoms with Gasteiger partial charge in [0.05, 0.1) is 17.0 Å². The Hall–Kier alpha value is -3.04. The fourth-order valence-electron chi connectivity index (χ4n) is 4.92. The van der Waals surface area contributed by atoms with Crippen LogP contribution in [0.3, 0.4) is 0 Å². The molecule has 1 heterocycles. The lowest BCUT2D eigenvalue weighted by Crippen LogP contribution is -2.48. The van der Waals surface area contributed by atoms with Crippen molar-refractivity contribution < 1.29 is 22.8 Å². The van der Waals surface area contributed by atoms with E-state index in [0.717, 1.165) is 43.2 Å². The number of benzene rings is 2. The molecule has 1 saturated heterocycles. The van der Waals surface area contributed by atoms with Crippen molar-refractivity contribution in [2.75, 3.05) is 11.4 Å². The number of amides is 3. The van der Waals surface area contributed by atoms with Crippen LogP contribution in [-0.2, 0) is 30.8 Å². The fourth-order valence-corrected chi connectivity index (χ4v) is 5.44. The summed E-state index contributed by atoms with van der Waals surface area (Å²) < 4.78 is 23.1. The zero-order chi connectivity index (χ0) is 25.2. The smallest absolute Gasteiger partial charge is 0.257 e. The van der Waals surface area contributed by atoms with E-state index in [-0.39, 0.29) is 41.5 Å². The number of rotatable bonds is 7. The van der Waals surface area contributed by atoms with Gasteiger partial charge < -0.3 is 4.90 Å². The Kier molecular flexibility index (Phi) is 7.37. The predicted molar refractivity (Wildman–Crippen MR) is 132 cm³/mol. The van der Waals surface area contributed by atoms with Crippen LogP contribution in [0.5, 0.6) is 0 Å². The number of aryl methyl sites for hydroxylation is 1. The zero-order valence-corrected chi connectivity index (χ0v) is 20.7. The maximum Gasteiger partial charge on any atom is 0.257 e. The summed E-state index contributed by atoms with van der Waals surface area (Å²) in [6.45, 7) is 2.19. The zero-order valence-electron chi connectivity index (χ0n) is 19.9. The molecule has 2 N–H and O–H groups in total. The summed E-state index contributed by atoms with van der Waals surface area (Å²) in [4.78, 5) is 42.7. The Morgan fingerprint density at radius 1 is 1.00 bits per heavy atom. The monoisotopic (exact) mass is 497 g/mol. The summed E-state index contributed by atoms with van der Waals surface area (Å²) in [5.74, 6) is -0.928. The maximum absolute atomic E-state index is 13.6. The molecule has 0 radical (unpaired) electrons. The number of hydrogen-bond donors (Lipinski definition) is 1. The third-order valence-corrected chi connectivity index (χ3v) is 7.85. The van der Waals surface area contributed by atoms with Crippen LogP contribution in [0.25, 0.3) is 0 Å². The van der Waals surface area contributed by atoms with Gasteiger partial charge in [-0.15, -0.1) is 0 Å². The van der Waals surface area contributed by atoms with Crippen LogP contribution in [0.4, 0.5) is 5.69 Å². The van der Waals surface area contributed by atoms with E-state index < -0.39 is 16.1 Å². The van der Waals surface area contributed by atoms with E-state index in [1.807, 2.05) is 19.1 Å². The molecule has 1 aliphatic heterocycles. The first-order chi connectivity index (χ1) is 16.6. The lowest BCUT2D eigenvalue weighted by Gasteiger charge is -2.32. The molecule has 186 valence electrons. The molecule has 1 unspecified atom stereocenters. The molecule has 0 aromatic heterocycles. The average Bonchev–Trinajstić information content (AvgIpc) is 3.13. The number of anilines is 1. The van der Waals surface area contributed by atoms with Crippen LogP contribution < -0.4 is 10.0 Å². The average molecular weight is 498 g/mol. The van der Waals surface area contributed by atoms with Crippen molar-refractivity contribution in [3.63, 3.8) is 0 Å². The molecular formula is C26H31N3O5S. The van der Waals surface area contributed by atoms with Gasteiger partial charge in [-0.05, 0) is 56.0 Å². The number of imide groups is 1. The van der Waals surface area contributed by atoms with Crippen LogP contribution in [0.2, 0.25) is 0 Å². The van der Waals surface area contributed by atoms with Crippen LogP contribution in [-0.4, -0.2) is 43.6 Å². The summed E-state index contributed by atoms with van der Waals surface area (Å²) in [6.07, 6.45) is 5.01. The predicted octanol–water partition coefficient (Wildman–Crippen LogP) is 2.93. The Balaban J connectivity index is 1.56. The quantitative estimate of drug-likeness (QED) is 0.590. The standard InChI is InChI=1S/C26H31N3O5S/c1-18-7-11-21(12-8-18)29-24(30)17-23(26(29)32)28(25(31)20-5-3-2-4-6-20)16-15-19-9-13-22(14-10-19)35(27,33)34/h7-14,20,23H,2-6,15-17H2,1H3,(H2,27,33,34). The molecule has 8 nitrogen and oxygen atoms in total. The third-order valence-electron chi connectivity index (χ3n) is 6.92. The van der Waals surface area contributed by atoms with E-state index in [2.05, 4.69) is 0 Å². The number of carbonyl (C=O) groups excluding carboxylic acids is 3. The third kappa shape index (κ3) is 5.62. The lowest BCUT2D eigenvalue weighted by molar-refractivity contribution is -0.142. The molecule has 4 rings (SSSR count). The Bertz CT molecular complexity index is 1200. The highest BCUT2D eigenvalue weighted by Gasteiger charge is 2.45. The second kappa shape index (κ2) is 10.3. The highest BCUT2D eigenvalue weighted by molar-refractivity contribution is 7.89. The molecule has 9 heteroatoms. The first kappa shape index (κ1) is 25.1. The normalized spacial score (nSPS) is 19.3. The topological polar surface area (TPSA) is 118 Å². The summed E-state index contributed by atoms with van der Waals surface area (Å²) >= 11 is 0. The van der Waals surface area contributed by atoms with Gasteiger partial charge in [0.15, 0.2) is 0 Å². The largest absolute Gasteiger partial charge is 0.330 e. The van der Waals surface area contributed by atoms with Gasteiger partial charge >= 0.3 is 0 Å². The fraction of sp³-hybridized carbons (Fsp3) is 0.423. The van der Waals surface area contributed by atoms with Gasteiger partial charge in [0.2, 0.25) is 21.8 Å². The summed E-state index contributed by atoms with van der Waals surface area (Å²) in [5.41, 5.74) is 2.34. The molecule has 2 aliphatic rings. The Morgan fingerprint density at radius 3 is 2.23 bits per heavy atom. The van der Waals surface area contributed by atoms with Crippen LogP contribution in [0.15, 0.2) is 53.4 Å². The highest BCUT2D eigenvalue weighted by atomic mass is 32.2. The van der Waals surface area contributed by atoms with Gasteiger partial charge in [-0.2, -0.15) is 0 Å². The van der Waals surface area contributed by atoms with Crippen molar-refractivity contribution in [1.82, 2.24) is 4.90 Å². The van der Waals surface area contributed by atoms with E-state index in [9.17, 15) is 22.8 Å². The molecule has 1 saturated carbocycles. The van der Waals surface area contributed by atoms with E-state index in [0.29, 0.717) is 12.1 Å². The number of hydrogen-bond acceptors (Lipinski definition) is 5. The Labute approximate surface area is 206 Å². The number of carbonyl (C=O) groups is 3. The molecule has 3 amide bonds. The van der Waals surface area contributed by atoms with Gasteiger partial charge in [0.25, 0.3) is 5.91 Å². The second-order valence-corrected chi connectivity index (χ2v) is 11.0. The highest BCUT2D eigenvalue weighted by Crippen LogP contribution is 2.30. The molecule has 0 spiro atoms. The molecular weight excluding hydrogens is 466 g/mol. The van der Waals surface area contributed by atoms with Crippen molar-refractivity contribution in [3.8, 4) is 0 Å². The number of nitrogens with zero attached hydrogens (tertiary/aromatic N) is 2. The first-order valence-electron chi connectivity index (χ1n) is 12.0. The molecule has 2 aromatic rings. The minimum Gasteiger partial charge on any atom is -0.330 e. The molecule has 35 heavy (non-hydrogen) atoms. The second-order valence-electron chi connectivity index (χ2n) is 9.43. The number of sulfonamides is 1. The molecule has 0 bridgehead atoms. The maximum atomic E-state index is 13.6. The van der Waals surface area contributed by atoms with Crippen molar-refractivity contribution in [2.24, 2.45) is 11.1 Å². The van der Waals surface area contributed by atoms with Gasteiger partial charge in [-0.1, -0.05) is 49.1 Å². The number of nitrogens with two attached hydrogens (primary N) is 1. The van der Waals surface area contributed by atoms with Gasteiger partial charge in [0.1, 0.15) is 6.04 Å². The molecule has 1 aliphatic carbocycles. The summed E-state index contributed by atoms with van der Waals surface area (Å²) in [6, 6.07) is 12.5. The van der Waals surface area contributed by atoms with Crippen molar-refractivity contribution in [2.45, 2.75) is 62.8 Å². The van der Waals surface area contributed by atoms with E-state index in [1.54, 1.807) is 29.2 Å². The van der Waals surface area contributed by atoms with E-state index >= 15 is 0 Å². The summed E-state index contributed by atoms with van der Waals surface area (Å²) in [5, 5.41) is 5.18. The Morgan fingerprint density at radius 2 is 1.63 bits per heavy atom. The minimum absolute atomic E-state index is 0.0155. The van der Waals surface area contributed by atoms with Crippen molar-refractivity contribution in [3.05, 3.63) is 59.7 Å². The van der Waals surface area contributed by atoms with Crippen LogP contribution >= 0.6 is 0 Å². The summed E-state index contributed by atoms with van der Waals surface area (Å²) in [7, 11) is -3.79. The van der Waals surface area contributed by atoms with Gasteiger partial charge in [-0.3, -0.25) is 14.4 Å².